The van der Waals surface area contributed by atoms with Gasteiger partial charge >= 0.3 is 0 Å². The van der Waals surface area contributed by atoms with Crippen molar-refractivity contribution < 1.29 is 13.5 Å². The predicted molar refractivity (Wildman–Crippen MR) is 73.3 cm³/mol. The number of halogens is 2. The van der Waals surface area contributed by atoms with Gasteiger partial charge in [0.15, 0.2) is 11.6 Å². The van der Waals surface area contributed by atoms with Crippen LogP contribution in [0.4, 0.5) is 8.78 Å². The predicted octanol–water partition coefficient (Wildman–Crippen LogP) is 4.95. The lowest BCUT2D eigenvalue weighted by Gasteiger charge is -2.23. The molecule has 0 saturated carbocycles. The Morgan fingerprint density at radius 1 is 1.32 bits per heavy atom. The Morgan fingerprint density at radius 2 is 2.00 bits per heavy atom. The molecule has 1 aliphatic heterocycles. The topological polar surface area (TPSA) is 9.23 Å². The number of allylic oxidation sites excluding steroid dienone is 2. The van der Waals surface area contributed by atoms with Crippen molar-refractivity contribution in [3.05, 3.63) is 46.0 Å². The first kappa shape index (κ1) is 13.8. The van der Waals surface area contributed by atoms with Gasteiger partial charge in [-0.05, 0) is 43.9 Å². The summed E-state index contributed by atoms with van der Waals surface area (Å²) < 4.78 is 33.6. The van der Waals surface area contributed by atoms with Crippen LogP contribution in [-0.4, -0.2) is 6.61 Å². The van der Waals surface area contributed by atoms with E-state index in [1.165, 1.54) is 0 Å². The molecule has 0 atom stereocenters. The first-order chi connectivity index (χ1) is 8.97. The maximum Gasteiger partial charge on any atom is 0.168 e. The molecule has 1 aliphatic rings. The highest BCUT2D eigenvalue weighted by molar-refractivity contribution is 5.76. The van der Waals surface area contributed by atoms with Gasteiger partial charge in [0.05, 0.1) is 0 Å². The highest BCUT2D eigenvalue weighted by atomic mass is 19.1. The largest absolute Gasteiger partial charge is 0.485 e. The fourth-order valence-electron chi connectivity index (χ4n) is 2.15. The Balaban J connectivity index is 2.59. The van der Waals surface area contributed by atoms with E-state index >= 15 is 0 Å². The summed E-state index contributed by atoms with van der Waals surface area (Å²) in [4.78, 5) is 0. The summed E-state index contributed by atoms with van der Waals surface area (Å²) in [7, 11) is 0. The zero-order valence-electron chi connectivity index (χ0n) is 11.7. The van der Waals surface area contributed by atoms with Crippen LogP contribution in [0.1, 0.15) is 38.3 Å². The van der Waals surface area contributed by atoms with Gasteiger partial charge in [0.25, 0.3) is 0 Å². The lowest BCUT2D eigenvalue weighted by Crippen LogP contribution is -2.13. The van der Waals surface area contributed by atoms with Gasteiger partial charge in [-0.15, -0.1) is 0 Å². The van der Waals surface area contributed by atoms with Gasteiger partial charge in [-0.1, -0.05) is 19.1 Å². The van der Waals surface area contributed by atoms with E-state index < -0.39 is 0 Å². The van der Waals surface area contributed by atoms with E-state index in [9.17, 15) is 8.78 Å². The zero-order valence-corrected chi connectivity index (χ0v) is 11.7. The second-order valence-electron chi connectivity index (χ2n) is 4.91. The molecule has 1 heterocycles. The first-order valence-corrected chi connectivity index (χ1v) is 6.45. The molecule has 2 rings (SSSR count). The Labute approximate surface area is 112 Å². The highest BCUT2D eigenvalue weighted by Gasteiger charge is 2.24. The summed E-state index contributed by atoms with van der Waals surface area (Å²) in [5, 5.41) is 0. The Bertz CT molecular complexity index is 583. The fourth-order valence-corrected chi connectivity index (χ4v) is 2.15. The van der Waals surface area contributed by atoms with Crippen molar-refractivity contribution in [3.63, 3.8) is 0 Å². The minimum Gasteiger partial charge on any atom is -0.485 e. The standard InChI is InChI=1S/C16H18F2O/c1-5-9(2)14(17)13-8-19-16-12(11(13)4)7-6-10(3)15(16)18/h6-7H,5,8H2,1-4H3/b14-9+. The number of fused-ring (bicyclic) bond motifs is 1. The molecule has 0 unspecified atom stereocenters. The molecule has 0 fully saturated rings. The highest BCUT2D eigenvalue weighted by Crippen LogP contribution is 2.39. The molecule has 1 nitrogen and oxygen atoms in total. The summed E-state index contributed by atoms with van der Waals surface area (Å²) in [5.41, 5.74) is 3.15. The van der Waals surface area contributed by atoms with Gasteiger partial charge in [-0.25, -0.2) is 8.78 Å². The van der Waals surface area contributed by atoms with E-state index in [2.05, 4.69) is 0 Å². The maximum atomic E-state index is 14.3. The number of rotatable bonds is 2. The molecule has 0 N–H and O–H groups in total. The van der Waals surface area contributed by atoms with Crippen molar-refractivity contribution in [2.45, 2.75) is 34.1 Å². The van der Waals surface area contributed by atoms with Crippen LogP contribution >= 0.6 is 0 Å². The van der Waals surface area contributed by atoms with Crippen molar-refractivity contribution >= 4 is 5.57 Å². The molecule has 0 bridgehead atoms. The third-order valence-corrected chi connectivity index (χ3v) is 3.68. The average Bonchev–Trinajstić information content (AvgIpc) is 2.42. The van der Waals surface area contributed by atoms with Gasteiger partial charge in [0.1, 0.15) is 12.4 Å². The van der Waals surface area contributed by atoms with Gasteiger partial charge < -0.3 is 4.74 Å². The third-order valence-electron chi connectivity index (χ3n) is 3.68. The van der Waals surface area contributed by atoms with Crippen molar-refractivity contribution in [2.75, 3.05) is 6.61 Å². The molecule has 1 aromatic carbocycles. The number of hydrogen-bond acceptors (Lipinski definition) is 1. The average molecular weight is 264 g/mol. The van der Waals surface area contributed by atoms with Gasteiger partial charge in [-0.2, -0.15) is 0 Å². The molecule has 102 valence electrons. The van der Waals surface area contributed by atoms with Crippen LogP contribution in [0.25, 0.3) is 5.57 Å². The van der Waals surface area contributed by atoms with Crippen molar-refractivity contribution in [2.24, 2.45) is 0 Å². The van der Waals surface area contributed by atoms with E-state index in [-0.39, 0.29) is 24.0 Å². The van der Waals surface area contributed by atoms with Gasteiger partial charge in [-0.3, -0.25) is 0 Å². The summed E-state index contributed by atoms with van der Waals surface area (Å²) in [5.74, 6) is -0.345. The third kappa shape index (κ3) is 2.29. The number of hydrogen-bond donors (Lipinski definition) is 0. The SMILES string of the molecule is CC/C(C)=C(/F)C1=C(C)c2ccc(C)c(F)c2OC1. The normalized spacial score (nSPS) is 15.9. The van der Waals surface area contributed by atoms with E-state index in [1.54, 1.807) is 26.0 Å². The Hall–Kier alpha value is -1.64. The summed E-state index contributed by atoms with van der Waals surface area (Å²) in [6.07, 6.45) is 0.651. The van der Waals surface area contributed by atoms with Crippen LogP contribution in [0.15, 0.2) is 29.1 Å². The smallest absolute Gasteiger partial charge is 0.168 e. The second kappa shape index (κ2) is 5.16. The van der Waals surface area contributed by atoms with Crippen molar-refractivity contribution in [1.82, 2.24) is 0 Å². The molecule has 0 saturated heterocycles. The van der Waals surface area contributed by atoms with Crippen LogP contribution in [0.3, 0.4) is 0 Å². The minimum absolute atomic E-state index is 0.0857. The molecule has 19 heavy (non-hydrogen) atoms. The zero-order chi connectivity index (χ0) is 14.2. The molecule has 0 amide bonds. The quantitative estimate of drug-likeness (QED) is 0.734. The molecule has 3 heteroatoms. The van der Waals surface area contributed by atoms with Crippen LogP contribution < -0.4 is 4.74 Å². The second-order valence-corrected chi connectivity index (χ2v) is 4.91. The van der Waals surface area contributed by atoms with Crippen LogP contribution in [0, 0.1) is 12.7 Å². The molecule has 0 aliphatic carbocycles. The lowest BCUT2D eigenvalue weighted by atomic mass is 9.95. The molecular weight excluding hydrogens is 246 g/mol. The monoisotopic (exact) mass is 264 g/mol. The summed E-state index contributed by atoms with van der Waals surface area (Å²) in [6.45, 7) is 7.26. The van der Waals surface area contributed by atoms with Crippen LogP contribution in [-0.2, 0) is 0 Å². The summed E-state index contributed by atoms with van der Waals surface area (Å²) >= 11 is 0. The first-order valence-electron chi connectivity index (χ1n) is 6.45. The number of benzene rings is 1. The van der Waals surface area contributed by atoms with Gasteiger partial charge in [0, 0.05) is 11.1 Å². The molecule has 0 spiro atoms. The maximum absolute atomic E-state index is 14.3. The van der Waals surface area contributed by atoms with E-state index in [4.69, 9.17) is 4.74 Å². The van der Waals surface area contributed by atoms with Crippen LogP contribution in [0.2, 0.25) is 0 Å². The van der Waals surface area contributed by atoms with E-state index in [0.717, 1.165) is 5.57 Å². The van der Waals surface area contributed by atoms with E-state index in [0.29, 0.717) is 28.7 Å². The Kier molecular flexibility index (Phi) is 3.74. The lowest BCUT2D eigenvalue weighted by molar-refractivity contribution is 0.321. The minimum atomic E-state index is -0.354. The molecular formula is C16H18F2O. The number of ether oxygens (including phenoxy) is 1. The van der Waals surface area contributed by atoms with Gasteiger partial charge in [0.2, 0.25) is 0 Å². The molecule has 0 radical (unpaired) electrons. The van der Waals surface area contributed by atoms with Crippen molar-refractivity contribution in [1.29, 1.82) is 0 Å². The van der Waals surface area contributed by atoms with Crippen molar-refractivity contribution in [3.8, 4) is 5.75 Å². The Morgan fingerprint density at radius 3 is 2.63 bits per heavy atom. The fraction of sp³-hybridized carbons (Fsp3) is 0.375. The molecule has 1 aromatic rings. The molecule has 0 aromatic heterocycles. The van der Waals surface area contributed by atoms with Crippen LogP contribution in [0.5, 0.6) is 5.75 Å². The summed E-state index contributed by atoms with van der Waals surface area (Å²) in [6, 6.07) is 3.48. The van der Waals surface area contributed by atoms with E-state index in [1.807, 2.05) is 13.8 Å². The number of aryl methyl sites for hydroxylation is 1.